The lowest BCUT2D eigenvalue weighted by Crippen LogP contribution is -2.49. The molecule has 0 bridgehead atoms. The van der Waals surface area contributed by atoms with Crippen molar-refractivity contribution in [3.63, 3.8) is 0 Å². The van der Waals surface area contributed by atoms with Gasteiger partial charge in [-0.15, -0.1) is 0 Å². The zero-order valence-electron chi connectivity index (χ0n) is 14.9. The van der Waals surface area contributed by atoms with Crippen LogP contribution in [0, 0.1) is 12.7 Å². The molecule has 1 aromatic carbocycles. The molecule has 0 unspecified atom stereocenters. The minimum absolute atomic E-state index is 0.282. The fourth-order valence-electron chi connectivity index (χ4n) is 2.74. The van der Waals surface area contributed by atoms with Gasteiger partial charge in [-0.1, -0.05) is 0 Å². The van der Waals surface area contributed by atoms with Crippen molar-refractivity contribution >= 4 is 23.5 Å². The Morgan fingerprint density at radius 1 is 1.19 bits per heavy atom. The van der Waals surface area contributed by atoms with Crippen molar-refractivity contribution in [3.05, 3.63) is 41.8 Å². The molecular weight excluding hydrogens is 337 g/mol. The first-order valence-electron chi connectivity index (χ1n) is 8.60. The second-order valence-electron chi connectivity index (χ2n) is 6.00. The van der Waals surface area contributed by atoms with Gasteiger partial charge in [-0.25, -0.2) is 14.2 Å². The number of nitrogens with zero attached hydrogens (tertiary/aromatic N) is 4. The van der Waals surface area contributed by atoms with Crippen LogP contribution >= 0.6 is 0 Å². The van der Waals surface area contributed by atoms with Gasteiger partial charge in [-0.05, 0) is 38.1 Å². The Hall–Kier alpha value is -2.90. The summed E-state index contributed by atoms with van der Waals surface area (Å²) in [5.41, 5.74) is 1.58. The molecule has 7 nitrogen and oxygen atoms in total. The van der Waals surface area contributed by atoms with Crippen molar-refractivity contribution in [2.75, 3.05) is 43.0 Å². The fourth-order valence-corrected chi connectivity index (χ4v) is 2.74. The van der Waals surface area contributed by atoms with Crippen molar-refractivity contribution in [2.24, 2.45) is 0 Å². The number of ether oxygens (including phenoxy) is 1. The standard InChI is InChI=1S/C18H22FN5O2/c1-3-26-18(25)24-10-8-23(9-11-24)17-20-13(2)12-16(22-17)21-15-6-4-14(19)5-7-15/h4-7,12H,3,8-11H2,1-2H3,(H,20,21,22). The van der Waals surface area contributed by atoms with Gasteiger partial charge in [-0.3, -0.25) is 0 Å². The Balaban J connectivity index is 1.68. The first-order chi connectivity index (χ1) is 12.5. The molecule has 1 aliphatic heterocycles. The summed E-state index contributed by atoms with van der Waals surface area (Å²) in [5.74, 6) is 0.972. The number of aryl methyl sites for hydroxylation is 1. The van der Waals surface area contributed by atoms with Crippen LogP contribution < -0.4 is 10.2 Å². The summed E-state index contributed by atoms with van der Waals surface area (Å²) in [6.45, 7) is 6.48. The van der Waals surface area contributed by atoms with Gasteiger partial charge in [0.15, 0.2) is 0 Å². The summed E-state index contributed by atoms with van der Waals surface area (Å²) < 4.78 is 18.1. The molecule has 0 atom stereocenters. The maximum atomic E-state index is 13.0. The van der Waals surface area contributed by atoms with E-state index in [1.807, 2.05) is 17.9 Å². The van der Waals surface area contributed by atoms with Gasteiger partial charge in [0.1, 0.15) is 11.6 Å². The Morgan fingerprint density at radius 3 is 2.54 bits per heavy atom. The molecule has 2 aromatic rings. The molecule has 3 rings (SSSR count). The zero-order chi connectivity index (χ0) is 18.5. The number of carbonyl (C=O) groups is 1. The fraction of sp³-hybridized carbons (Fsp3) is 0.389. The van der Waals surface area contributed by atoms with E-state index in [2.05, 4.69) is 15.3 Å². The second-order valence-corrected chi connectivity index (χ2v) is 6.00. The summed E-state index contributed by atoms with van der Waals surface area (Å²) >= 11 is 0. The monoisotopic (exact) mass is 359 g/mol. The lowest BCUT2D eigenvalue weighted by atomic mass is 10.3. The van der Waals surface area contributed by atoms with Crippen molar-refractivity contribution in [3.8, 4) is 0 Å². The highest BCUT2D eigenvalue weighted by Crippen LogP contribution is 2.20. The molecule has 1 N–H and O–H groups in total. The van der Waals surface area contributed by atoms with Crippen LogP contribution in [-0.2, 0) is 4.74 Å². The van der Waals surface area contributed by atoms with Crippen LogP contribution in [0.1, 0.15) is 12.6 Å². The van der Waals surface area contributed by atoms with Gasteiger partial charge < -0.3 is 19.9 Å². The molecule has 0 saturated carbocycles. The van der Waals surface area contributed by atoms with Crippen LogP contribution in [0.4, 0.5) is 26.6 Å². The largest absolute Gasteiger partial charge is 0.450 e. The predicted molar refractivity (Wildman–Crippen MR) is 97.3 cm³/mol. The van der Waals surface area contributed by atoms with Gasteiger partial charge in [0.2, 0.25) is 5.95 Å². The molecule has 26 heavy (non-hydrogen) atoms. The minimum atomic E-state index is -0.283. The average molecular weight is 359 g/mol. The normalized spacial score (nSPS) is 14.3. The molecule has 2 heterocycles. The van der Waals surface area contributed by atoms with Crippen molar-refractivity contribution in [1.29, 1.82) is 0 Å². The summed E-state index contributed by atoms with van der Waals surface area (Å²) in [5, 5.41) is 3.17. The number of nitrogens with one attached hydrogen (secondary N) is 1. The molecule has 0 aliphatic carbocycles. The maximum Gasteiger partial charge on any atom is 0.409 e. The molecular formula is C18H22FN5O2. The van der Waals surface area contributed by atoms with E-state index in [0.717, 1.165) is 11.4 Å². The number of halogens is 1. The number of benzene rings is 1. The van der Waals surface area contributed by atoms with Crippen LogP contribution in [0.15, 0.2) is 30.3 Å². The van der Waals surface area contributed by atoms with E-state index < -0.39 is 0 Å². The number of piperazine rings is 1. The summed E-state index contributed by atoms with van der Waals surface area (Å²) in [6.07, 6.45) is -0.282. The van der Waals surface area contributed by atoms with Crippen LogP contribution in [0.3, 0.4) is 0 Å². The average Bonchev–Trinajstić information content (AvgIpc) is 2.63. The first kappa shape index (κ1) is 17.9. The maximum absolute atomic E-state index is 13.0. The number of rotatable bonds is 4. The number of anilines is 3. The van der Waals surface area contributed by atoms with Gasteiger partial charge >= 0.3 is 6.09 Å². The van der Waals surface area contributed by atoms with E-state index in [1.54, 1.807) is 24.0 Å². The summed E-state index contributed by atoms with van der Waals surface area (Å²) in [6, 6.07) is 7.94. The molecule has 1 amide bonds. The highest BCUT2D eigenvalue weighted by atomic mass is 19.1. The first-order valence-corrected chi connectivity index (χ1v) is 8.60. The number of carbonyl (C=O) groups excluding carboxylic acids is 1. The highest BCUT2D eigenvalue weighted by Gasteiger charge is 2.23. The van der Waals surface area contributed by atoms with E-state index in [4.69, 9.17) is 4.74 Å². The van der Waals surface area contributed by atoms with E-state index >= 15 is 0 Å². The van der Waals surface area contributed by atoms with Crippen molar-refractivity contribution in [2.45, 2.75) is 13.8 Å². The van der Waals surface area contributed by atoms with E-state index in [0.29, 0.717) is 44.6 Å². The van der Waals surface area contributed by atoms with Crippen LogP contribution in [0.5, 0.6) is 0 Å². The Labute approximate surface area is 151 Å². The smallest absolute Gasteiger partial charge is 0.409 e. The Bertz CT molecular complexity index is 761. The molecule has 0 radical (unpaired) electrons. The Morgan fingerprint density at radius 2 is 1.88 bits per heavy atom. The quantitative estimate of drug-likeness (QED) is 0.905. The van der Waals surface area contributed by atoms with Crippen LogP contribution in [-0.4, -0.2) is 53.7 Å². The SMILES string of the molecule is CCOC(=O)N1CCN(c2nc(C)cc(Nc3ccc(F)cc3)n2)CC1. The number of hydrogen-bond acceptors (Lipinski definition) is 6. The number of amides is 1. The third-order valence-electron chi connectivity index (χ3n) is 4.05. The van der Waals surface area contributed by atoms with Gasteiger partial charge in [-0.2, -0.15) is 4.98 Å². The molecule has 1 aromatic heterocycles. The zero-order valence-corrected chi connectivity index (χ0v) is 14.9. The number of hydrogen-bond donors (Lipinski definition) is 1. The summed E-state index contributed by atoms with van der Waals surface area (Å²) in [7, 11) is 0. The van der Waals surface area contributed by atoms with Gasteiger partial charge in [0.05, 0.1) is 6.61 Å². The number of aromatic nitrogens is 2. The van der Waals surface area contributed by atoms with Crippen LogP contribution in [0.2, 0.25) is 0 Å². The molecule has 1 saturated heterocycles. The predicted octanol–water partition coefficient (Wildman–Crippen LogP) is 2.95. The molecule has 1 aliphatic rings. The van der Waals surface area contributed by atoms with Crippen molar-refractivity contribution in [1.82, 2.24) is 14.9 Å². The Kier molecular flexibility index (Phi) is 5.50. The van der Waals surface area contributed by atoms with Crippen molar-refractivity contribution < 1.29 is 13.9 Å². The topological polar surface area (TPSA) is 70.6 Å². The highest BCUT2D eigenvalue weighted by molar-refractivity contribution is 5.68. The minimum Gasteiger partial charge on any atom is -0.450 e. The summed E-state index contributed by atoms with van der Waals surface area (Å²) in [4.78, 5) is 24.6. The third kappa shape index (κ3) is 4.38. The van der Waals surface area contributed by atoms with Gasteiger partial charge in [0, 0.05) is 43.6 Å². The van der Waals surface area contributed by atoms with E-state index in [-0.39, 0.29) is 11.9 Å². The van der Waals surface area contributed by atoms with E-state index in [9.17, 15) is 9.18 Å². The van der Waals surface area contributed by atoms with Crippen LogP contribution in [0.25, 0.3) is 0 Å². The molecule has 8 heteroatoms. The second kappa shape index (κ2) is 7.99. The van der Waals surface area contributed by atoms with E-state index in [1.165, 1.54) is 12.1 Å². The third-order valence-corrected chi connectivity index (χ3v) is 4.05. The molecule has 1 fully saturated rings. The molecule has 138 valence electrons. The lowest BCUT2D eigenvalue weighted by molar-refractivity contribution is 0.105. The van der Waals surface area contributed by atoms with Gasteiger partial charge in [0.25, 0.3) is 0 Å². The lowest BCUT2D eigenvalue weighted by Gasteiger charge is -2.34. The molecule has 0 spiro atoms.